The molecule has 1 heterocycles. The van der Waals surface area contributed by atoms with Crippen LogP contribution in [-0.4, -0.2) is 36.0 Å². The number of nitrogens with one attached hydrogen (secondary N) is 1. The summed E-state index contributed by atoms with van der Waals surface area (Å²) in [5.41, 5.74) is 0.751. The lowest BCUT2D eigenvalue weighted by Gasteiger charge is -2.39. The summed E-state index contributed by atoms with van der Waals surface area (Å²) in [5, 5.41) is 3.48. The van der Waals surface area contributed by atoms with Gasteiger partial charge >= 0.3 is 0 Å². The molecule has 1 saturated heterocycles. The third kappa shape index (κ3) is 2.88. The summed E-state index contributed by atoms with van der Waals surface area (Å²) in [7, 11) is 0. The topological polar surface area (TPSA) is 32.3 Å². The Kier molecular flexibility index (Phi) is 3.60. The summed E-state index contributed by atoms with van der Waals surface area (Å²) < 4.78 is 0. The van der Waals surface area contributed by atoms with Crippen molar-refractivity contribution in [1.82, 2.24) is 10.2 Å². The summed E-state index contributed by atoms with van der Waals surface area (Å²) in [6.07, 6.45) is 8.80. The SMILES string of the molecule is CC1(C)CC2CC(C)(CN2C(=O)CNC2CCCC2)C1. The first kappa shape index (κ1) is 14.4. The van der Waals surface area contributed by atoms with Gasteiger partial charge in [-0.15, -0.1) is 0 Å². The molecule has 2 bridgehead atoms. The van der Waals surface area contributed by atoms with E-state index in [0.717, 1.165) is 6.54 Å². The number of rotatable bonds is 3. The highest BCUT2D eigenvalue weighted by molar-refractivity contribution is 5.79. The van der Waals surface area contributed by atoms with Gasteiger partial charge in [-0.05, 0) is 42.9 Å². The second-order valence-corrected chi connectivity index (χ2v) is 8.60. The van der Waals surface area contributed by atoms with Crippen LogP contribution in [0.4, 0.5) is 0 Å². The molecule has 3 fully saturated rings. The monoisotopic (exact) mass is 278 g/mol. The van der Waals surface area contributed by atoms with Crippen molar-refractivity contribution in [3.8, 4) is 0 Å². The molecule has 3 heteroatoms. The minimum absolute atomic E-state index is 0.336. The van der Waals surface area contributed by atoms with Gasteiger partial charge in [-0.3, -0.25) is 4.79 Å². The van der Waals surface area contributed by atoms with Gasteiger partial charge in [-0.1, -0.05) is 33.6 Å². The maximum Gasteiger partial charge on any atom is 0.236 e. The number of nitrogens with zero attached hydrogens (tertiary/aromatic N) is 1. The van der Waals surface area contributed by atoms with Crippen molar-refractivity contribution in [2.45, 2.75) is 77.8 Å². The largest absolute Gasteiger partial charge is 0.338 e. The number of hydrogen-bond donors (Lipinski definition) is 1. The van der Waals surface area contributed by atoms with E-state index >= 15 is 0 Å². The van der Waals surface area contributed by atoms with Crippen LogP contribution in [0.15, 0.2) is 0 Å². The van der Waals surface area contributed by atoms with Crippen molar-refractivity contribution in [1.29, 1.82) is 0 Å². The van der Waals surface area contributed by atoms with E-state index in [9.17, 15) is 4.79 Å². The standard InChI is InChI=1S/C17H30N2O/c1-16(2)8-14-9-17(3,11-16)12-19(14)15(20)10-18-13-6-4-5-7-13/h13-14,18H,4-12H2,1-3H3. The Morgan fingerprint density at radius 2 is 1.90 bits per heavy atom. The Hall–Kier alpha value is -0.570. The molecule has 2 saturated carbocycles. The summed E-state index contributed by atoms with van der Waals surface area (Å²) >= 11 is 0. The average molecular weight is 278 g/mol. The molecule has 0 aromatic carbocycles. The smallest absolute Gasteiger partial charge is 0.236 e. The van der Waals surface area contributed by atoms with Crippen LogP contribution in [0, 0.1) is 10.8 Å². The zero-order valence-corrected chi connectivity index (χ0v) is 13.4. The lowest BCUT2D eigenvalue weighted by Crippen LogP contribution is -2.43. The van der Waals surface area contributed by atoms with Crippen LogP contribution in [-0.2, 0) is 4.79 Å². The third-order valence-corrected chi connectivity index (χ3v) is 5.63. The maximum absolute atomic E-state index is 12.6. The minimum atomic E-state index is 0.336. The number of likely N-dealkylation sites (tertiary alicyclic amines) is 1. The van der Waals surface area contributed by atoms with E-state index in [1.54, 1.807) is 0 Å². The molecule has 0 radical (unpaired) electrons. The van der Waals surface area contributed by atoms with Gasteiger partial charge in [0.25, 0.3) is 0 Å². The van der Waals surface area contributed by atoms with E-state index in [4.69, 9.17) is 0 Å². The summed E-state index contributed by atoms with van der Waals surface area (Å²) in [6.45, 7) is 8.63. The van der Waals surface area contributed by atoms with E-state index in [0.29, 0.717) is 35.4 Å². The minimum Gasteiger partial charge on any atom is -0.338 e. The predicted octanol–water partition coefficient (Wildman–Crippen LogP) is 2.95. The molecule has 3 nitrogen and oxygen atoms in total. The fourth-order valence-electron chi connectivity index (χ4n) is 5.21. The number of hydrogen-bond acceptors (Lipinski definition) is 2. The Bertz CT molecular complexity index is 386. The highest BCUT2D eigenvalue weighted by Gasteiger charge is 2.50. The Morgan fingerprint density at radius 3 is 2.60 bits per heavy atom. The second-order valence-electron chi connectivity index (χ2n) is 8.60. The van der Waals surface area contributed by atoms with Gasteiger partial charge < -0.3 is 10.2 Å². The molecule has 3 rings (SSSR count). The van der Waals surface area contributed by atoms with Crippen LogP contribution in [0.25, 0.3) is 0 Å². The average Bonchev–Trinajstić information content (AvgIpc) is 2.91. The lowest BCUT2D eigenvalue weighted by molar-refractivity contribution is -0.131. The predicted molar refractivity (Wildman–Crippen MR) is 81.5 cm³/mol. The normalized spacial score (nSPS) is 36.5. The first-order valence-corrected chi connectivity index (χ1v) is 8.40. The zero-order valence-electron chi connectivity index (χ0n) is 13.4. The fourth-order valence-corrected chi connectivity index (χ4v) is 5.21. The molecule has 20 heavy (non-hydrogen) atoms. The zero-order chi connectivity index (χ0) is 14.4. The molecule has 0 aromatic heterocycles. The van der Waals surface area contributed by atoms with Gasteiger partial charge in [0.2, 0.25) is 5.91 Å². The number of fused-ring (bicyclic) bond motifs is 2. The lowest BCUT2D eigenvalue weighted by atomic mass is 9.65. The van der Waals surface area contributed by atoms with Crippen molar-refractivity contribution < 1.29 is 4.79 Å². The van der Waals surface area contributed by atoms with Crippen LogP contribution in [0.2, 0.25) is 0 Å². The molecular weight excluding hydrogens is 248 g/mol. The first-order chi connectivity index (χ1) is 9.37. The maximum atomic E-state index is 12.6. The molecule has 2 aliphatic carbocycles. The molecule has 1 N–H and O–H groups in total. The molecule has 114 valence electrons. The van der Waals surface area contributed by atoms with E-state index in [1.807, 2.05) is 0 Å². The summed E-state index contributed by atoms with van der Waals surface area (Å²) in [4.78, 5) is 14.8. The van der Waals surface area contributed by atoms with Crippen molar-refractivity contribution in [3.63, 3.8) is 0 Å². The van der Waals surface area contributed by atoms with Gasteiger partial charge in [0, 0.05) is 18.6 Å². The second kappa shape index (κ2) is 5.01. The molecule has 1 amide bonds. The van der Waals surface area contributed by atoms with Crippen LogP contribution < -0.4 is 5.32 Å². The molecule has 3 aliphatic rings. The number of amides is 1. The van der Waals surface area contributed by atoms with Crippen molar-refractivity contribution in [2.24, 2.45) is 10.8 Å². The van der Waals surface area contributed by atoms with Crippen LogP contribution in [0.5, 0.6) is 0 Å². The van der Waals surface area contributed by atoms with Crippen LogP contribution >= 0.6 is 0 Å². The highest BCUT2D eigenvalue weighted by atomic mass is 16.2. The van der Waals surface area contributed by atoms with E-state index in [-0.39, 0.29) is 0 Å². The van der Waals surface area contributed by atoms with E-state index in [1.165, 1.54) is 44.9 Å². The molecular formula is C17H30N2O. The fraction of sp³-hybridized carbons (Fsp3) is 0.941. The van der Waals surface area contributed by atoms with Crippen molar-refractivity contribution in [3.05, 3.63) is 0 Å². The summed E-state index contributed by atoms with van der Waals surface area (Å²) in [6, 6.07) is 1.08. The van der Waals surface area contributed by atoms with Crippen molar-refractivity contribution in [2.75, 3.05) is 13.1 Å². The van der Waals surface area contributed by atoms with Crippen LogP contribution in [0.1, 0.15) is 65.7 Å². The molecule has 2 unspecified atom stereocenters. The van der Waals surface area contributed by atoms with Crippen LogP contribution in [0.3, 0.4) is 0 Å². The third-order valence-electron chi connectivity index (χ3n) is 5.63. The molecule has 0 aromatic rings. The van der Waals surface area contributed by atoms with E-state index < -0.39 is 0 Å². The number of carbonyl (C=O) groups excluding carboxylic acids is 1. The Morgan fingerprint density at radius 1 is 1.20 bits per heavy atom. The van der Waals surface area contributed by atoms with Gasteiger partial charge in [0.15, 0.2) is 0 Å². The molecule has 1 aliphatic heterocycles. The molecule has 2 atom stereocenters. The Balaban J connectivity index is 1.58. The first-order valence-electron chi connectivity index (χ1n) is 8.40. The van der Waals surface area contributed by atoms with E-state index in [2.05, 4.69) is 31.0 Å². The number of carbonyl (C=O) groups is 1. The quantitative estimate of drug-likeness (QED) is 0.861. The Labute approximate surface area is 123 Å². The highest BCUT2D eigenvalue weighted by Crippen LogP contribution is 2.52. The summed E-state index contributed by atoms with van der Waals surface area (Å²) in [5.74, 6) is 0.336. The van der Waals surface area contributed by atoms with Gasteiger partial charge in [-0.2, -0.15) is 0 Å². The van der Waals surface area contributed by atoms with Gasteiger partial charge in [-0.25, -0.2) is 0 Å². The van der Waals surface area contributed by atoms with Gasteiger partial charge in [0.05, 0.1) is 6.54 Å². The van der Waals surface area contributed by atoms with Gasteiger partial charge in [0.1, 0.15) is 0 Å². The molecule has 0 spiro atoms. The van der Waals surface area contributed by atoms with Crippen molar-refractivity contribution >= 4 is 5.91 Å².